The van der Waals surface area contributed by atoms with E-state index in [0.29, 0.717) is 24.9 Å². The second-order valence-electron chi connectivity index (χ2n) is 6.76. The van der Waals surface area contributed by atoms with Gasteiger partial charge in [-0.25, -0.2) is 0 Å². The monoisotopic (exact) mass is 381 g/mol. The number of hydrogen-bond acceptors (Lipinski definition) is 6. The highest BCUT2D eigenvalue weighted by molar-refractivity contribution is 5.87. The quantitative estimate of drug-likeness (QED) is 0.384. The Balaban J connectivity index is 1.55. The first-order valence-corrected chi connectivity index (χ1v) is 9.26. The molecule has 0 unspecified atom stereocenters. The summed E-state index contributed by atoms with van der Waals surface area (Å²) in [6.07, 6.45) is 1.80. The summed E-state index contributed by atoms with van der Waals surface area (Å²) in [5, 5.41) is 14.0. The Bertz CT molecular complexity index is 987. The lowest BCUT2D eigenvalue weighted by atomic mass is 10.1. The van der Waals surface area contributed by atoms with Gasteiger partial charge in [0.15, 0.2) is 5.96 Å². The summed E-state index contributed by atoms with van der Waals surface area (Å²) in [5.74, 6) is 1.89. The first-order valence-electron chi connectivity index (χ1n) is 9.26. The smallest absolute Gasteiger partial charge is 0.249 e. The van der Waals surface area contributed by atoms with Crippen LogP contribution in [0.15, 0.2) is 40.9 Å². The van der Waals surface area contributed by atoms with Crippen LogP contribution in [0.4, 0.5) is 0 Å². The maximum atomic E-state index is 7.70. The second kappa shape index (κ2) is 7.85. The maximum absolute atomic E-state index is 7.70. The van der Waals surface area contributed by atoms with Crippen molar-refractivity contribution in [2.45, 2.75) is 18.9 Å². The van der Waals surface area contributed by atoms with Gasteiger partial charge < -0.3 is 24.6 Å². The molecular formula is C20H23N5O3. The van der Waals surface area contributed by atoms with Crippen LogP contribution in [0.3, 0.4) is 0 Å². The number of likely N-dealkylation sites (tertiary alicyclic amines) is 1. The molecule has 1 atom stereocenters. The number of methoxy groups -OCH3 is 1. The van der Waals surface area contributed by atoms with Gasteiger partial charge in [0.05, 0.1) is 6.61 Å². The first-order chi connectivity index (χ1) is 13.7. The Hall–Kier alpha value is -3.13. The van der Waals surface area contributed by atoms with Crippen molar-refractivity contribution in [1.29, 1.82) is 5.41 Å². The topological polar surface area (TPSA) is 110 Å². The van der Waals surface area contributed by atoms with Crippen LogP contribution >= 0.6 is 0 Å². The van der Waals surface area contributed by atoms with E-state index in [2.05, 4.69) is 10.1 Å². The fourth-order valence-electron chi connectivity index (χ4n) is 3.50. The van der Waals surface area contributed by atoms with Gasteiger partial charge in [0.25, 0.3) is 0 Å². The van der Waals surface area contributed by atoms with Crippen molar-refractivity contribution in [2.24, 2.45) is 5.73 Å². The summed E-state index contributed by atoms with van der Waals surface area (Å²) in [4.78, 5) is 6.35. The number of nitrogens with one attached hydrogen (secondary N) is 1. The molecule has 2 heterocycles. The third-order valence-corrected chi connectivity index (χ3v) is 4.92. The van der Waals surface area contributed by atoms with E-state index in [1.165, 1.54) is 0 Å². The molecule has 0 radical (unpaired) electrons. The van der Waals surface area contributed by atoms with Crippen molar-refractivity contribution < 1.29 is 14.0 Å². The summed E-state index contributed by atoms with van der Waals surface area (Å²) < 4.78 is 16.1. The summed E-state index contributed by atoms with van der Waals surface area (Å²) in [6, 6.07) is 11.8. The van der Waals surface area contributed by atoms with Crippen LogP contribution in [-0.4, -0.2) is 47.9 Å². The molecule has 0 amide bonds. The van der Waals surface area contributed by atoms with E-state index in [9.17, 15) is 0 Å². The van der Waals surface area contributed by atoms with Gasteiger partial charge in [-0.05, 0) is 41.8 Å². The minimum Gasteiger partial charge on any atom is -0.491 e. The number of guanidine groups is 1. The summed E-state index contributed by atoms with van der Waals surface area (Å²) in [6.45, 7) is 1.81. The Morgan fingerprint density at radius 1 is 1.25 bits per heavy atom. The van der Waals surface area contributed by atoms with Crippen LogP contribution in [0.2, 0.25) is 0 Å². The Kier molecular flexibility index (Phi) is 5.12. The standard InChI is InChI=1S/C20H23N5O3/c1-26-9-10-27-16-7-6-13-11-15(5-4-14(13)12-16)18-23-19(28-24-18)17-3-2-8-25(17)20(21)22/h4-7,11-12,17H,2-3,8-10H2,1H3,(H3,21,22)/t17-/m0/s1. The van der Waals surface area contributed by atoms with Crippen molar-refractivity contribution in [3.8, 4) is 17.1 Å². The first kappa shape index (κ1) is 18.2. The molecule has 1 aromatic heterocycles. The summed E-state index contributed by atoms with van der Waals surface area (Å²) >= 11 is 0. The fraction of sp³-hybridized carbons (Fsp3) is 0.350. The minimum absolute atomic E-state index is 0.0384. The van der Waals surface area contributed by atoms with Gasteiger partial charge in [0, 0.05) is 19.2 Å². The van der Waals surface area contributed by atoms with E-state index >= 15 is 0 Å². The van der Waals surface area contributed by atoms with Crippen molar-refractivity contribution in [1.82, 2.24) is 15.0 Å². The van der Waals surface area contributed by atoms with E-state index in [1.807, 2.05) is 36.4 Å². The lowest BCUT2D eigenvalue weighted by Crippen LogP contribution is -2.35. The molecule has 4 rings (SSSR count). The lowest BCUT2D eigenvalue weighted by Gasteiger charge is -2.21. The molecule has 28 heavy (non-hydrogen) atoms. The number of benzene rings is 2. The zero-order valence-electron chi connectivity index (χ0n) is 15.7. The van der Waals surface area contributed by atoms with Crippen LogP contribution in [0, 0.1) is 5.41 Å². The van der Waals surface area contributed by atoms with Crippen molar-refractivity contribution in [2.75, 3.05) is 26.9 Å². The Morgan fingerprint density at radius 3 is 2.89 bits per heavy atom. The molecule has 0 bridgehead atoms. The van der Waals surface area contributed by atoms with E-state index in [4.69, 9.17) is 25.1 Å². The minimum atomic E-state index is -0.119. The molecule has 8 heteroatoms. The van der Waals surface area contributed by atoms with Gasteiger partial charge in [0.1, 0.15) is 18.4 Å². The number of nitrogens with two attached hydrogens (primary N) is 1. The summed E-state index contributed by atoms with van der Waals surface area (Å²) in [5.41, 5.74) is 6.54. The van der Waals surface area contributed by atoms with Gasteiger partial charge >= 0.3 is 0 Å². The van der Waals surface area contributed by atoms with Gasteiger partial charge in [-0.3, -0.25) is 5.41 Å². The predicted octanol–water partition coefficient (Wildman–Crippen LogP) is 2.95. The average Bonchev–Trinajstić information content (AvgIpc) is 3.37. The second-order valence-corrected chi connectivity index (χ2v) is 6.76. The zero-order valence-corrected chi connectivity index (χ0v) is 15.7. The number of nitrogens with zero attached hydrogens (tertiary/aromatic N) is 3. The summed E-state index contributed by atoms with van der Waals surface area (Å²) in [7, 11) is 1.65. The molecule has 0 saturated carbocycles. The van der Waals surface area contributed by atoms with Gasteiger partial charge in [-0.15, -0.1) is 0 Å². The van der Waals surface area contributed by atoms with Gasteiger partial charge in [-0.1, -0.05) is 23.4 Å². The highest BCUT2D eigenvalue weighted by Crippen LogP contribution is 2.32. The largest absolute Gasteiger partial charge is 0.491 e. The zero-order chi connectivity index (χ0) is 19.5. The molecule has 2 aromatic carbocycles. The molecular weight excluding hydrogens is 358 g/mol. The molecule has 146 valence electrons. The molecule has 1 aliphatic heterocycles. The average molecular weight is 381 g/mol. The van der Waals surface area contributed by atoms with Gasteiger partial charge in [-0.2, -0.15) is 4.98 Å². The van der Waals surface area contributed by atoms with Crippen LogP contribution in [0.1, 0.15) is 24.8 Å². The fourth-order valence-corrected chi connectivity index (χ4v) is 3.50. The molecule has 8 nitrogen and oxygen atoms in total. The van der Waals surface area contributed by atoms with Gasteiger partial charge in [0.2, 0.25) is 11.7 Å². The van der Waals surface area contributed by atoms with E-state index in [0.717, 1.165) is 41.5 Å². The maximum Gasteiger partial charge on any atom is 0.249 e. The van der Waals surface area contributed by atoms with E-state index in [1.54, 1.807) is 12.0 Å². The van der Waals surface area contributed by atoms with Crippen molar-refractivity contribution in [3.63, 3.8) is 0 Å². The SMILES string of the molecule is COCCOc1ccc2cc(-c3noc([C@@H]4CCCN4C(=N)N)n3)ccc2c1. The number of aromatic nitrogens is 2. The van der Waals surface area contributed by atoms with Crippen LogP contribution in [-0.2, 0) is 4.74 Å². The van der Waals surface area contributed by atoms with Crippen LogP contribution in [0.25, 0.3) is 22.2 Å². The number of ether oxygens (including phenoxy) is 2. The number of hydrogen-bond donors (Lipinski definition) is 2. The third-order valence-electron chi connectivity index (χ3n) is 4.92. The highest BCUT2D eigenvalue weighted by atomic mass is 16.5. The highest BCUT2D eigenvalue weighted by Gasteiger charge is 2.31. The molecule has 0 spiro atoms. The Morgan fingerprint density at radius 2 is 2.07 bits per heavy atom. The number of fused-ring (bicyclic) bond motifs is 1. The molecule has 1 fully saturated rings. The lowest BCUT2D eigenvalue weighted by molar-refractivity contribution is 0.146. The molecule has 1 aliphatic rings. The number of rotatable bonds is 6. The third kappa shape index (κ3) is 3.63. The van der Waals surface area contributed by atoms with Crippen LogP contribution < -0.4 is 10.5 Å². The molecule has 0 aliphatic carbocycles. The van der Waals surface area contributed by atoms with E-state index < -0.39 is 0 Å². The van der Waals surface area contributed by atoms with Crippen molar-refractivity contribution >= 4 is 16.7 Å². The molecule has 1 saturated heterocycles. The normalized spacial score (nSPS) is 16.6. The predicted molar refractivity (Wildman–Crippen MR) is 105 cm³/mol. The van der Waals surface area contributed by atoms with Crippen molar-refractivity contribution in [3.05, 3.63) is 42.3 Å². The van der Waals surface area contributed by atoms with Crippen LogP contribution in [0.5, 0.6) is 5.75 Å². The molecule has 3 aromatic rings. The molecule has 3 N–H and O–H groups in total. The van der Waals surface area contributed by atoms with E-state index in [-0.39, 0.29) is 12.0 Å². The Labute approximate surface area is 162 Å².